The number of rotatable bonds is 1. The number of esters is 1. The Morgan fingerprint density at radius 2 is 2.12 bits per heavy atom. The summed E-state index contributed by atoms with van der Waals surface area (Å²) < 4.78 is 4.02. The summed E-state index contributed by atoms with van der Waals surface area (Å²) in [6.45, 7) is 4.87. The molecule has 0 saturated heterocycles. The maximum absolute atomic E-state index is 10.1. The molecule has 0 atom stereocenters. The van der Waals surface area contributed by atoms with Gasteiger partial charge in [-0.05, 0) is 6.92 Å². The molecule has 0 fully saturated rings. The van der Waals surface area contributed by atoms with Gasteiger partial charge >= 0.3 is 5.97 Å². The Morgan fingerprint density at radius 1 is 1.75 bits per heavy atom. The third kappa shape index (κ3) is 2.45. The summed E-state index contributed by atoms with van der Waals surface area (Å²) in [4.78, 5) is 10.1. The molecule has 0 aromatic rings. The van der Waals surface area contributed by atoms with Crippen LogP contribution in [0.1, 0.15) is 6.92 Å². The van der Waals surface area contributed by atoms with Crippen LogP contribution in [0.15, 0.2) is 12.2 Å². The molecule has 3 heteroatoms. The molecule has 0 amide bonds. The molecule has 2 nitrogen and oxygen atoms in total. The number of hydrogen-bond donors (Lipinski definition) is 0. The van der Waals surface area contributed by atoms with Crippen molar-refractivity contribution in [2.24, 2.45) is 0 Å². The van der Waals surface area contributed by atoms with Gasteiger partial charge in [-0.3, -0.25) is 0 Å². The minimum atomic E-state index is -0.458. The molecule has 42 valence electrons. The van der Waals surface area contributed by atoms with Crippen molar-refractivity contribution >= 4 is 5.97 Å². The van der Waals surface area contributed by atoms with Crippen LogP contribution in [-0.2, 0) is 9.53 Å². The Morgan fingerprint density at radius 3 is 2.12 bits per heavy atom. The van der Waals surface area contributed by atoms with Crippen molar-refractivity contribution in [3.63, 3.8) is 0 Å². The van der Waals surface area contributed by atoms with Crippen LogP contribution in [0.3, 0.4) is 0 Å². The zero-order valence-corrected chi connectivity index (χ0v) is 11.3. The molecule has 8 heavy (non-hydrogen) atoms. The summed E-state index contributed by atoms with van der Waals surface area (Å²) in [5.41, 5.74) is 0.370. The maximum Gasteiger partial charge on any atom is 0.301 e. The van der Waals surface area contributed by atoms with Crippen molar-refractivity contribution in [3.05, 3.63) is 19.3 Å². The first kappa shape index (κ1) is 9.51. The second kappa shape index (κ2) is 3.40. The van der Waals surface area contributed by atoms with Crippen molar-refractivity contribution in [2.45, 2.75) is 6.92 Å². The van der Waals surface area contributed by atoms with Gasteiger partial charge in [0.2, 0.25) is 0 Å². The zero-order valence-electron chi connectivity index (χ0n) is 4.94. The molecule has 0 spiro atoms. The fourth-order valence-electron chi connectivity index (χ4n) is 0.123. The zero-order chi connectivity index (χ0) is 5.86. The summed E-state index contributed by atoms with van der Waals surface area (Å²) in [6, 6.07) is 0. The number of ether oxygens (including phenoxy) is 1. The van der Waals surface area contributed by atoms with Gasteiger partial charge in [-0.1, -0.05) is 6.58 Å². The average molecular weight is 366 g/mol. The normalized spacial score (nSPS) is 6.75. The molecule has 0 aromatic heterocycles. The van der Waals surface area contributed by atoms with E-state index in [9.17, 15) is 4.79 Å². The Kier molecular flexibility index (Phi) is 4.04. The monoisotopic (exact) mass is 366 g/mol. The van der Waals surface area contributed by atoms with E-state index >= 15 is 0 Å². The predicted octanol–water partition coefficient (Wildman–Crippen LogP) is 0.897. The van der Waals surface area contributed by atoms with Gasteiger partial charge < -0.3 is 4.74 Å². The van der Waals surface area contributed by atoms with Crippen LogP contribution in [0, 0.1) is 7.11 Å². The smallest absolute Gasteiger partial charge is 0.301 e. The summed E-state index contributed by atoms with van der Waals surface area (Å²) in [6.07, 6.45) is 0. The third-order valence-electron chi connectivity index (χ3n) is 0.480. The van der Waals surface area contributed by atoms with Crippen molar-refractivity contribution in [3.8, 4) is 0 Å². The molecule has 0 heterocycles. The second-order valence-electron chi connectivity index (χ2n) is 1.21. The Labute approximate surface area is 42.8 Å². The van der Waals surface area contributed by atoms with E-state index in [4.69, 9.17) is 0 Å². The van der Waals surface area contributed by atoms with Crippen molar-refractivity contribution < 1.29 is 9.53 Å². The summed E-state index contributed by atoms with van der Waals surface area (Å²) >= 11 is 0. The molecule has 0 bridgehead atoms. The number of carbonyl (C=O) groups is 1. The first-order chi connectivity index (χ1) is 3.18. The van der Waals surface area contributed by atoms with Gasteiger partial charge in [0.25, 0.3) is 0 Å². The molecule has 0 aliphatic carbocycles. The van der Waals surface area contributed by atoms with Crippen LogP contribution in [0.4, 0.5) is 0 Å². The molecular weight excluding hydrogens is 359 g/mol. The average Bonchev–Trinajstić information content (AvgIpc) is 1.65. The van der Waals surface area contributed by atoms with Crippen LogP contribution < -0.4 is 0 Å². The fraction of sp³-hybridized carbons (Fsp3) is 0.200. The molecule has 0 saturated carbocycles. The largest absolute Gasteiger partial charge is 0.637 e. The van der Waals surface area contributed by atoms with E-state index < -0.39 is 5.97 Å². The van der Waals surface area contributed by atoms with E-state index in [1.54, 1.807) is 6.92 Å². The van der Waals surface area contributed by atoms with Crippen molar-refractivity contribution in [2.75, 3.05) is 0 Å². The first-order valence-corrected chi connectivity index (χ1v) is 1.80. The predicted molar refractivity (Wildman–Crippen MR) is 26.3 cm³/mol. The summed E-state index contributed by atoms with van der Waals surface area (Å²) in [7, 11) is 2.90. The van der Waals surface area contributed by atoms with Crippen LogP contribution in [0.5, 0.6) is 0 Å². The molecule has 0 aromatic carbocycles. The minimum absolute atomic E-state index is 0. The van der Waals surface area contributed by atoms with Crippen LogP contribution in [0.25, 0.3) is 0 Å². The van der Waals surface area contributed by atoms with Gasteiger partial charge in [0.15, 0.2) is 0 Å². The van der Waals surface area contributed by atoms with Crippen LogP contribution >= 0.6 is 0 Å². The third-order valence-corrected chi connectivity index (χ3v) is 0.480. The number of carbonyl (C=O) groups excluding carboxylic acids is 1. The molecule has 0 rings (SSSR count). The fourth-order valence-corrected chi connectivity index (χ4v) is 0.123. The van der Waals surface area contributed by atoms with E-state index in [0.29, 0.717) is 5.57 Å². The summed E-state index contributed by atoms with van der Waals surface area (Å²) in [5, 5.41) is 0. The van der Waals surface area contributed by atoms with E-state index in [2.05, 4.69) is 18.4 Å². The summed E-state index contributed by atoms with van der Waals surface area (Å²) in [5.74, 6) is -0.458. The molecular formula is C5H7O2Rf-. The SMILES string of the molecule is C=C(C)C(=O)O[CH2-].[Rf]. The van der Waals surface area contributed by atoms with E-state index in [0.717, 1.165) is 0 Å². The molecule has 0 radical (unpaired) electrons. The molecule has 0 N–H and O–H groups in total. The van der Waals surface area contributed by atoms with Gasteiger partial charge in [-0.15, -0.1) is 0 Å². The van der Waals surface area contributed by atoms with Gasteiger partial charge in [0.05, 0.1) is 0 Å². The Balaban J connectivity index is 0. The standard InChI is InChI=1S/C5H7O2.Rf/c1-4(2)5(6)7-3;/h1,3H2,2H3;/q-1;. The van der Waals surface area contributed by atoms with Crippen molar-refractivity contribution in [1.82, 2.24) is 0 Å². The van der Waals surface area contributed by atoms with Gasteiger partial charge in [-0.25, -0.2) is 4.79 Å². The maximum atomic E-state index is 10.1. The number of hydrogen-bond acceptors (Lipinski definition) is 2. The van der Waals surface area contributed by atoms with E-state index in [1.165, 1.54) is 0 Å². The van der Waals surface area contributed by atoms with Crippen LogP contribution in [-0.4, -0.2) is 5.97 Å². The Bertz CT molecular complexity index is 98.6. The van der Waals surface area contributed by atoms with Gasteiger partial charge in [-0.2, -0.15) is 7.11 Å². The minimum Gasteiger partial charge on any atom is -0.637 e. The second-order valence-corrected chi connectivity index (χ2v) is 1.21. The van der Waals surface area contributed by atoms with E-state index in [-0.39, 0.29) is 0 Å². The quantitative estimate of drug-likeness (QED) is 0.392. The van der Waals surface area contributed by atoms with Gasteiger partial charge in [0.1, 0.15) is 0 Å². The van der Waals surface area contributed by atoms with Crippen molar-refractivity contribution in [1.29, 1.82) is 0 Å². The molecule has 0 unspecified atom stereocenters. The van der Waals surface area contributed by atoms with Crippen LogP contribution in [0.2, 0.25) is 0 Å². The topological polar surface area (TPSA) is 26.3 Å². The molecule has 0 aliphatic rings. The van der Waals surface area contributed by atoms with Gasteiger partial charge in [0, 0.05) is 5.57 Å². The first-order valence-electron chi connectivity index (χ1n) is 1.80. The Hall–Kier alpha value is -1.79. The molecule has 0 aliphatic heterocycles. The van der Waals surface area contributed by atoms with E-state index in [1.807, 2.05) is 0 Å².